The van der Waals surface area contributed by atoms with Crippen LogP contribution in [-0.2, 0) is 9.53 Å². The smallest absolute Gasteiger partial charge is 0.407 e. The van der Waals surface area contributed by atoms with Crippen molar-refractivity contribution in [2.24, 2.45) is 10.9 Å². The normalized spacial score (nSPS) is 16.5. The molecule has 1 unspecified atom stereocenters. The van der Waals surface area contributed by atoms with Gasteiger partial charge in [-0.25, -0.2) is 4.79 Å². The molecule has 0 spiro atoms. The second-order valence-corrected chi connectivity index (χ2v) is 8.58. The second-order valence-electron chi connectivity index (χ2n) is 8.58. The molecular weight excluding hydrogens is 445 g/mol. The maximum atomic E-state index is 13.1. The van der Waals surface area contributed by atoms with Crippen molar-refractivity contribution in [3.05, 3.63) is 65.7 Å². The summed E-state index contributed by atoms with van der Waals surface area (Å²) in [6.07, 6.45) is -0.701. The van der Waals surface area contributed by atoms with E-state index in [0.717, 1.165) is 5.56 Å². The summed E-state index contributed by atoms with van der Waals surface area (Å²) in [5, 5.41) is 11.7. The van der Waals surface area contributed by atoms with E-state index >= 15 is 0 Å². The van der Waals surface area contributed by atoms with E-state index in [2.05, 4.69) is 31.0 Å². The monoisotopic (exact) mass is 475 g/mol. The molecule has 0 aliphatic carbocycles. The zero-order valence-corrected chi connectivity index (χ0v) is 20.1. The Balaban J connectivity index is 1.74. The molecule has 1 aliphatic heterocycles. The molecule has 2 radical (unpaired) electrons. The largest absolute Gasteiger partial charge is 0.453 e. The van der Waals surface area contributed by atoms with Crippen LogP contribution in [0.4, 0.5) is 4.79 Å². The van der Waals surface area contributed by atoms with E-state index < -0.39 is 24.1 Å². The van der Waals surface area contributed by atoms with Crippen LogP contribution in [0.2, 0.25) is 0 Å². The number of methoxy groups -OCH3 is 1. The summed E-state index contributed by atoms with van der Waals surface area (Å²) >= 11 is 0. The van der Waals surface area contributed by atoms with E-state index in [4.69, 9.17) is 7.85 Å². The third-order valence-corrected chi connectivity index (χ3v) is 5.66. The van der Waals surface area contributed by atoms with Crippen molar-refractivity contribution < 1.29 is 19.1 Å². The van der Waals surface area contributed by atoms with E-state index in [1.165, 1.54) is 7.11 Å². The van der Waals surface area contributed by atoms with Gasteiger partial charge in [-0.1, -0.05) is 61.8 Å². The lowest BCUT2D eigenvalue weighted by Gasteiger charge is -2.26. The van der Waals surface area contributed by atoms with Crippen LogP contribution < -0.4 is 26.7 Å². The third-order valence-electron chi connectivity index (χ3n) is 5.66. The second kappa shape index (κ2) is 12.1. The van der Waals surface area contributed by atoms with Crippen LogP contribution in [0.3, 0.4) is 0 Å². The molecule has 35 heavy (non-hydrogen) atoms. The molecule has 3 atom stereocenters. The number of hydrogen-bond donors (Lipinski definition) is 4. The number of ether oxygens (including phenoxy) is 1. The summed E-state index contributed by atoms with van der Waals surface area (Å²) in [6, 6.07) is 14.7. The summed E-state index contributed by atoms with van der Waals surface area (Å²) in [6.45, 7) is 4.19. The van der Waals surface area contributed by atoms with Crippen molar-refractivity contribution in [2.45, 2.75) is 32.0 Å². The van der Waals surface area contributed by atoms with Crippen LogP contribution in [-0.4, -0.2) is 63.9 Å². The average molecular weight is 475 g/mol. The third kappa shape index (κ3) is 7.08. The number of benzene rings is 2. The number of nitrogens with zero attached hydrogens (tertiary/aromatic N) is 1. The number of hydrogen-bond acceptors (Lipinski definition) is 6. The Labute approximate surface area is 206 Å². The summed E-state index contributed by atoms with van der Waals surface area (Å²) in [4.78, 5) is 42.1. The molecule has 4 N–H and O–H groups in total. The topological polar surface area (TPSA) is 121 Å². The van der Waals surface area contributed by atoms with E-state index in [0.29, 0.717) is 23.4 Å². The number of alkyl carbamates (subject to hydrolysis) is 1. The highest BCUT2D eigenvalue weighted by Crippen LogP contribution is 2.17. The highest BCUT2D eigenvalue weighted by Gasteiger charge is 2.31. The van der Waals surface area contributed by atoms with Crippen molar-refractivity contribution in [1.82, 2.24) is 21.3 Å². The van der Waals surface area contributed by atoms with Gasteiger partial charge in [-0.15, -0.1) is 0 Å². The van der Waals surface area contributed by atoms with E-state index in [9.17, 15) is 14.4 Å². The molecule has 0 saturated carbocycles. The number of carbonyl (C=O) groups excluding carboxylic acids is 3. The molecule has 0 bridgehead atoms. The SMILES string of the molecule is [B]c1ccc(C2CN=C([C@H](CNC(=O)c3ccccc3)NC(=O)[C@@H](NC(=O)OC)C(C)C)N2)cc1. The molecule has 2 aromatic carbocycles. The number of nitrogens with one attached hydrogen (secondary N) is 4. The molecule has 2 aromatic rings. The Morgan fingerprint density at radius 3 is 2.40 bits per heavy atom. The van der Waals surface area contributed by atoms with Crippen molar-refractivity contribution >= 4 is 37.1 Å². The van der Waals surface area contributed by atoms with Crippen molar-refractivity contribution in [3.63, 3.8) is 0 Å². The van der Waals surface area contributed by atoms with E-state index in [1.807, 2.05) is 44.2 Å². The van der Waals surface area contributed by atoms with Gasteiger partial charge in [0.25, 0.3) is 5.91 Å². The van der Waals surface area contributed by atoms with Gasteiger partial charge >= 0.3 is 6.09 Å². The molecule has 1 aliphatic rings. The van der Waals surface area contributed by atoms with Crippen LogP contribution in [0.1, 0.15) is 35.8 Å². The van der Waals surface area contributed by atoms with E-state index in [-0.39, 0.29) is 24.4 Å². The Hall–Kier alpha value is -3.82. The summed E-state index contributed by atoms with van der Waals surface area (Å²) in [7, 11) is 7.03. The van der Waals surface area contributed by atoms with Gasteiger partial charge in [0.05, 0.1) is 19.7 Å². The molecule has 182 valence electrons. The van der Waals surface area contributed by atoms with Gasteiger partial charge in [0.15, 0.2) is 0 Å². The standard InChI is InChI=1S/C25H30BN5O4/c1-15(2)21(31-25(34)35-3)24(33)30-20(14-28-23(32)17-7-5-4-6-8-17)22-27-13-19(29-22)16-9-11-18(26)12-10-16/h4-12,15,19-21H,13-14H2,1-3H3,(H,27,29)(H,28,32)(H,30,33)(H,31,34)/t19?,20-,21-/m0/s1. The first-order valence-electron chi connectivity index (χ1n) is 11.4. The van der Waals surface area contributed by atoms with Crippen LogP contribution in [0.15, 0.2) is 59.6 Å². The van der Waals surface area contributed by atoms with Gasteiger partial charge in [0, 0.05) is 12.1 Å². The fourth-order valence-corrected chi connectivity index (χ4v) is 3.67. The van der Waals surface area contributed by atoms with Crippen LogP contribution in [0.5, 0.6) is 0 Å². The van der Waals surface area contributed by atoms with Gasteiger partial charge in [-0.05, 0) is 23.6 Å². The van der Waals surface area contributed by atoms with Gasteiger partial charge in [-0.3, -0.25) is 14.6 Å². The number of amides is 3. The molecule has 0 aromatic heterocycles. The summed E-state index contributed by atoms with van der Waals surface area (Å²) in [5.41, 5.74) is 2.18. The quantitative estimate of drug-likeness (QED) is 0.401. The average Bonchev–Trinajstić information content (AvgIpc) is 3.35. The molecule has 3 amide bonds. The number of rotatable bonds is 9. The zero-order valence-electron chi connectivity index (χ0n) is 20.1. The highest BCUT2D eigenvalue weighted by molar-refractivity contribution is 6.32. The molecule has 0 saturated heterocycles. The number of amidine groups is 1. The lowest BCUT2D eigenvalue weighted by atomic mass is 9.94. The first-order valence-corrected chi connectivity index (χ1v) is 11.4. The van der Waals surface area contributed by atoms with Crippen molar-refractivity contribution in [2.75, 3.05) is 20.2 Å². The Morgan fingerprint density at radius 1 is 1.09 bits per heavy atom. The summed E-state index contributed by atoms with van der Waals surface area (Å²) < 4.78 is 4.65. The first kappa shape index (κ1) is 25.8. The highest BCUT2D eigenvalue weighted by atomic mass is 16.5. The predicted molar refractivity (Wildman–Crippen MR) is 135 cm³/mol. The minimum Gasteiger partial charge on any atom is -0.453 e. The zero-order chi connectivity index (χ0) is 25.4. The van der Waals surface area contributed by atoms with E-state index in [1.54, 1.807) is 24.3 Å². The van der Waals surface area contributed by atoms with Gasteiger partial charge in [-0.2, -0.15) is 0 Å². The molecule has 3 rings (SSSR count). The first-order chi connectivity index (χ1) is 16.8. The van der Waals surface area contributed by atoms with Crippen molar-refractivity contribution in [1.29, 1.82) is 0 Å². The molecule has 1 heterocycles. The summed E-state index contributed by atoms with van der Waals surface area (Å²) in [5.74, 6) is -0.347. The number of aliphatic imine (C=N–C) groups is 1. The minimum absolute atomic E-state index is 0.0936. The fraction of sp³-hybridized carbons (Fsp3) is 0.360. The maximum Gasteiger partial charge on any atom is 0.407 e. The van der Waals surface area contributed by atoms with Crippen LogP contribution >= 0.6 is 0 Å². The Bertz CT molecular complexity index is 1060. The van der Waals surface area contributed by atoms with Gasteiger partial charge < -0.3 is 26.0 Å². The maximum absolute atomic E-state index is 13.1. The van der Waals surface area contributed by atoms with Crippen LogP contribution in [0, 0.1) is 5.92 Å². The Kier molecular flexibility index (Phi) is 8.89. The molecule has 10 heteroatoms. The fourth-order valence-electron chi connectivity index (χ4n) is 3.67. The lowest BCUT2D eigenvalue weighted by Crippen LogP contribution is -2.57. The Morgan fingerprint density at radius 2 is 1.77 bits per heavy atom. The van der Waals surface area contributed by atoms with Gasteiger partial charge in [0.2, 0.25) is 5.91 Å². The van der Waals surface area contributed by atoms with Crippen molar-refractivity contribution in [3.8, 4) is 0 Å². The van der Waals surface area contributed by atoms with Gasteiger partial charge in [0.1, 0.15) is 25.8 Å². The van der Waals surface area contributed by atoms with Crippen LogP contribution in [0.25, 0.3) is 0 Å². The minimum atomic E-state index is -0.829. The lowest BCUT2D eigenvalue weighted by molar-refractivity contribution is -0.124. The molecular formula is C25H30BN5O4. The molecule has 0 fully saturated rings. The number of carbonyl (C=O) groups is 3. The predicted octanol–water partition coefficient (Wildman–Crippen LogP) is 0.819. The molecule has 9 nitrogen and oxygen atoms in total.